The lowest BCUT2D eigenvalue weighted by Crippen LogP contribution is -2.45. The van der Waals surface area contributed by atoms with Gasteiger partial charge in [-0.15, -0.1) is 0 Å². The number of β-amino-alcohol motifs (C(OH)–C–C–N with tert-alkyl or cyclic N) is 1. The summed E-state index contributed by atoms with van der Waals surface area (Å²) in [6.45, 7) is 8.11. The number of rotatable bonds is 21. The molecule has 16 nitrogen and oxygen atoms in total. The van der Waals surface area contributed by atoms with E-state index in [1.807, 2.05) is 135 Å². The number of aliphatic hydroxyl groups excluding tert-OH is 1. The largest absolute Gasteiger partial charge is 0.391 e. The number of thioether (sulfide) groups is 1. The molecule has 0 saturated carbocycles. The Balaban J connectivity index is 0.667. The summed E-state index contributed by atoms with van der Waals surface area (Å²) in [5.41, 5.74) is 2.83. The first-order valence-electron chi connectivity index (χ1n) is 27.4. The molecule has 8 aromatic rings. The van der Waals surface area contributed by atoms with Crippen molar-refractivity contribution >= 4 is 96.7 Å². The van der Waals surface area contributed by atoms with Crippen LogP contribution in [-0.2, 0) is 41.6 Å². The molecule has 0 unspecified atom stereocenters. The lowest BCUT2D eigenvalue weighted by Gasteiger charge is -2.23. The summed E-state index contributed by atoms with van der Waals surface area (Å²) in [5.74, 6) is 12.2. The van der Waals surface area contributed by atoms with Gasteiger partial charge in [0.1, 0.15) is 18.5 Å². The maximum Gasteiger partial charge on any atom is 0.275 e. The average molecular weight is 1150 g/mol. The number of nitrogens with zero attached hydrogens (tertiary/aromatic N) is 6. The Bertz CT molecular complexity index is 3950. The molecule has 1 N–H and O–H groups in total. The first-order chi connectivity index (χ1) is 40.0. The molecule has 2 aliphatic rings. The number of carbonyl (C=O) groups is 3. The minimum absolute atomic E-state index is 0.0103. The number of ketones is 1. The number of aromatic nitrogens is 4. The van der Waals surface area contributed by atoms with Gasteiger partial charge in [-0.25, -0.2) is 9.97 Å². The second-order valence-corrected chi connectivity index (χ2v) is 24.8. The van der Waals surface area contributed by atoms with E-state index < -0.39 is 19.3 Å². The minimum Gasteiger partial charge on any atom is -0.391 e. The number of carbonyl (C=O) groups excluding carboxylic acids is 3. The van der Waals surface area contributed by atoms with E-state index in [9.17, 15) is 29.1 Å². The van der Waals surface area contributed by atoms with Crippen molar-refractivity contribution in [2.45, 2.75) is 61.4 Å². The Labute approximate surface area is 484 Å². The average Bonchev–Trinajstić information content (AvgIpc) is 4.19. The predicted octanol–water partition coefficient (Wildman–Crippen LogP) is 7.32. The number of aliphatic hydroxyl groups is 1. The Morgan fingerprint density at radius 3 is 1.73 bits per heavy atom. The van der Waals surface area contributed by atoms with Crippen LogP contribution in [0.5, 0.6) is 0 Å². The van der Waals surface area contributed by atoms with Crippen LogP contribution in [0.15, 0.2) is 141 Å². The lowest BCUT2D eigenvalue weighted by molar-refractivity contribution is -0.131. The zero-order valence-electron chi connectivity index (χ0n) is 45.6. The SMILES string of the molecule is CCn1c(S[C@H](C(=O)N2CCC(=O)C2)c2cccc(C#CCOCCOCCOCCOCC#Cc3cccc([Si](Sc4nc5cc6ccccc6cc5c(=O)n4CC)C(=O)N4CC[C@H](O)C4)c3)c2)nc2cc3ccccc3cc2c1=O. The van der Waals surface area contributed by atoms with Gasteiger partial charge in [0.15, 0.2) is 16.1 Å². The van der Waals surface area contributed by atoms with Gasteiger partial charge in [-0.05, 0) is 101 Å². The third kappa shape index (κ3) is 13.9. The molecule has 10 rings (SSSR count). The van der Waals surface area contributed by atoms with Gasteiger partial charge in [-0.3, -0.25) is 33.1 Å². The monoisotopic (exact) mass is 1150 g/mol. The molecule has 0 spiro atoms. The molecule has 82 heavy (non-hydrogen) atoms. The van der Waals surface area contributed by atoms with E-state index in [4.69, 9.17) is 28.9 Å². The van der Waals surface area contributed by atoms with E-state index in [-0.39, 0.29) is 54.6 Å². The van der Waals surface area contributed by atoms with Crippen molar-refractivity contribution < 1.29 is 38.4 Å². The molecule has 2 saturated heterocycles. The summed E-state index contributed by atoms with van der Waals surface area (Å²) >= 11 is 2.55. The number of benzene rings is 6. The van der Waals surface area contributed by atoms with Crippen molar-refractivity contribution in [1.82, 2.24) is 28.9 Å². The van der Waals surface area contributed by atoms with Gasteiger partial charge in [-0.2, -0.15) is 0 Å². The third-order valence-corrected chi connectivity index (χ3v) is 19.9. The van der Waals surface area contributed by atoms with Crippen LogP contribution in [0.2, 0.25) is 0 Å². The number of likely N-dealkylation sites (tertiary alicyclic amines) is 2. The van der Waals surface area contributed by atoms with Crippen LogP contribution in [0, 0.1) is 23.7 Å². The summed E-state index contributed by atoms with van der Waals surface area (Å²) in [6.07, 6.45) is 0.254. The van der Waals surface area contributed by atoms with Crippen LogP contribution < -0.4 is 16.3 Å². The molecule has 2 fully saturated rings. The van der Waals surface area contributed by atoms with Crippen LogP contribution in [-0.4, -0.2) is 144 Å². The van der Waals surface area contributed by atoms with Gasteiger partial charge in [-0.1, -0.05) is 119 Å². The maximum absolute atomic E-state index is 14.3. The summed E-state index contributed by atoms with van der Waals surface area (Å²) in [5, 5.41) is 16.1. The number of Topliss-reactive ketones (excluding diaryl/α,β-unsaturated/α-hetero) is 1. The predicted molar refractivity (Wildman–Crippen MR) is 322 cm³/mol. The Morgan fingerprint density at radius 1 is 0.646 bits per heavy atom. The van der Waals surface area contributed by atoms with Gasteiger partial charge in [0.2, 0.25) is 11.4 Å². The summed E-state index contributed by atoms with van der Waals surface area (Å²) in [7, 11) is -2.12. The third-order valence-electron chi connectivity index (χ3n) is 14.1. The van der Waals surface area contributed by atoms with Crippen molar-refractivity contribution in [3.8, 4) is 23.7 Å². The summed E-state index contributed by atoms with van der Waals surface area (Å²) < 4.78 is 26.0. The molecule has 4 heterocycles. The molecule has 2 amide bonds. The molecule has 0 bridgehead atoms. The Morgan fingerprint density at radius 2 is 1.18 bits per heavy atom. The molecular weight excluding hydrogens is 1090 g/mol. The highest BCUT2D eigenvalue weighted by molar-refractivity contribution is 8.29. The maximum atomic E-state index is 14.3. The molecule has 2 atom stereocenters. The van der Waals surface area contributed by atoms with Crippen LogP contribution >= 0.6 is 23.0 Å². The highest BCUT2D eigenvalue weighted by atomic mass is 32.4. The van der Waals surface area contributed by atoms with Gasteiger partial charge < -0.3 is 33.9 Å². The van der Waals surface area contributed by atoms with E-state index in [2.05, 4.69) is 23.7 Å². The van der Waals surface area contributed by atoms with E-state index in [1.165, 1.54) is 23.0 Å². The number of hydrogen-bond donors (Lipinski definition) is 1. The van der Waals surface area contributed by atoms with E-state index in [1.54, 1.807) is 18.9 Å². The van der Waals surface area contributed by atoms with Crippen LogP contribution in [0.1, 0.15) is 48.6 Å². The van der Waals surface area contributed by atoms with Crippen LogP contribution in [0.4, 0.5) is 4.79 Å². The van der Waals surface area contributed by atoms with Crippen LogP contribution in [0.3, 0.4) is 0 Å². The minimum atomic E-state index is -2.12. The molecule has 1 radical (unpaired) electrons. The molecule has 0 aliphatic carbocycles. The molecule has 19 heteroatoms. The van der Waals surface area contributed by atoms with Gasteiger partial charge >= 0.3 is 0 Å². The van der Waals surface area contributed by atoms with Gasteiger partial charge in [0.25, 0.3) is 19.1 Å². The Kier molecular flexibility index (Phi) is 19.4. The van der Waals surface area contributed by atoms with Gasteiger partial charge in [0, 0.05) is 50.3 Å². The first-order valence-corrected chi connectivity index (χ1v) is 31.3. The number of ether oxygens (including phenoxy) is 4. The fraction of sp³-hybridized carbons (Fsp3) is 0.317. The van der Waals surface area contributed by atoms with E-state index >= 15 is 0 Å². The number of amides is 2. The van der Waals surface area contributed by atoms with Crippen molar-refractivity contribution in [3.05, 3.63) is 159 Å². The van der Waals surface area contributed by atoms with Gasteiger partial charge in [0.05, 0.1) is 74.1 Å². The smallest absolute Gasteiger partial charge is 0.275 e. The highest BCUT2D eigenvalue weighted by Crippen LogP contribution is 2.38. The molecular formula is C63H61N6O10S2Si. The fourth-order valence-electron chi connectivity index (χ4n) is 9.84. The zero-order chi connectivity index (χ0) is 57.0. The molecule has 419 valence electrons. The standard InChI is InChI=1S/C63H61N6O10S2Si/c1-3-68-58(72)53-37-45-17-5-7-19-47(45)39-55(53)64-61(68)80-57(60(74)66-25-23-50(70)41-66)49-21-9-13-43(35-49)15-11-27-76-29-31-78-33-34-79-32-30-77-28-12-16-44-14-10-22-52(36-44)82(63(75)67-26-24-51(71)42-67)81-62-65-56-40-48-20-8-6-18-46(48)38-54(56)59(73)69(62)4-2/h5-10,13-14,17-22,35-40,51,57,71H,3-4,23-34,41-42H2,1-2H3/t51-,57-/m0/s1. The lowest BCUT2D eigenvalue weighted by atomic mass is 10.1. The second kappa shape index (κ2) is 27.6. The second-order valence-electron chi connectivity index (χ2n) is 19.6. The van der Waals surface area contributed by atoms with Crippen molar-refractivity contribution in [2.75, 3.05) is 79.0 Å². The number of fused-ring (bicyclic) bond motifs is 4. The summed E-state index contributed by atoms with van der Waals surface area (Å²) in [6, 6.07) is 38.3. The number of hydrogen-bond acceptors (Lipinski definition) is 14. The molecule has 2 aromatic heterocycles. The van der Waals surface area contributed by atoms with E-state index in [0.717, 1.165) is 32.3 Å². The zero-order valence-corrected chi connectivity index (χ0v) is 48.3. The summed E-state index contributed by atoms with van der Waals surface area (Å²) in [4.78, 5) is 81.7. The quantitative estimate of drug-likeness (QED) is 0.0189. The van der Waals surface area contributed by atoms with Crippen molar-refractivity contribution in [2.24, 2.45) is 0 Å². The van der Waals surface area contributed by atoms with Crippen LogP contribution in [0.25, 0.3) is 43.4 Å². The highest BCUT2D eigenvalue weighted by Gasteiger charge is 2.36. The molecule has 6 aromatic carbocycles. The fourth-order valence-corrected chi connectivity index (χ4v) is 15.6. The topological polar surface area (TPSA) is 185 Å². The molecule has 2 aliphatic heterocycles. The normalized spacial score (nSPS) is 14.7. The Hall–Kier alpha value is -7.43. The first kappa shape index (κ1) is 57.8. The van der Waals surface area contributed by atoms with Crippen molar-refractivity contribution in [3.63, 3.8) is 0 Å². The van der Waals surface area contributed by atoms with E-state index in [0.29, 0.717) is 122 Å². The van der Waals surface area contributed by atoms with Crippen molar-refractivity contribution in [1.29, 1.82) is 0 Å².